The van der Waals surface area contributed by atoms with Crippen LogP contribution in [0.25, 0.3) is 0 Å². The van der Waals surface area contributed by atoms with Gasteiger partial charge in [-0.1, -0.05) is 23.7 Å². The molecule has 6 heteroatoms. The summed E-state index contributed by atoms with van der Waals surface area (Å²) in [7, 11) is 0. The summed E-state index contributed by atoms with van der Waals surface area (Å²) in [5.74, 6) is -0.593. The molecular formula is C14H13Cl2FN2O. The van der Waals surface area contributed by atoms with Crippen LogP contribution in [-0.2, 0) is 6.61 Å². The Balaban J connectivity index is 0.00000200. The smallest absolute Gasteiger partial charge is 0.165 e. The maximum absolute atomic E-state index is 13.7. The maximum atomic E-state index is 13.7. The summed E-state index contributed by atoms with van der Waals surface area (Å²) in [6.07, 6.45) is 0. The molecule has 0 radical (unpaired) electrons. The normalized spacial score (nSPS) is 9.70. The van der Waals surface area contributed by atoms with Gasteiger partial charge in [-0.25, -0.2) is 4.39 Å². The molecule has 0 atom stereocenters. The second-order valence-electron chi connectivity index (χ2n) is 3.97. The third kappa shape index (κ3) is 4.11. The van der Waals surface area contributed by atoms with E-state index < -0.39 is 5.82 Å². The van der Waals surface area contributed by atoms with Gasteiger partial charge in [0.1, 0.15) is 12.4 Å². The Kier molecular flexibility index (Phi) is 5.80. The van der Waals surface area contributed by atoms with Gasteiger partial charge in [0, 0.05) is 10.6 Å². The summed E-state index contributed by atoms with van der Waals surface area (Å²) >= 11 is 5.77. The lowest BCUT2D eigenvalue weighted by atomic mass is 10.2. The number of amidine groups is 1. The van der Waals surface area contributed by atoms with Gasteiger partial charge in [0.25, 0.3) is 0 Å². The van der Waals surface area contributed by atoms with E-state index >= 15 is 0 Å². The van der Waals surface area contributed by atoms with Crippen LogP contribution in [0.5, 0.6) is 5.75 Å². The van der Waals surface area contributed by atoms with Crippen molar-refractivity contribution < 1.29 is 9.13 Å². The average molecular weight is 315 g/mol. The van der Waals surface area contributed by atoms with Crippen molar-refractivity contribution in [2.45, 2.75) is 6.61 Å². The second-order valence-corrected chi connectivity index (χ2v) is 4.41. The summed E-state index contributed by atoms with van der Waals surface area (Å²) in [6.45, 7) is 0.244. The van der Waals surface area contributed by atoms with Crippen molar-refractivity contribution in [1.29, 1.82) is 5.41 Å². The van der Waals surface area contributed by atoms with E-state index in [4.69, 9.17) is 27.5 Å². The van der Waals surface area contributed by atoms with E-state index in [1.165, 1.54) is 12.1 Å². The third-order valence-electron chi connectivity index (χ3n) is 2.55. The Bertz CT molecular complexity index is 603. The van der Waals surface area contributed by atoms with Crippen LogP contribution < -0.4 is 10.5 Å². The zero-order chi connectivity index (χ0) is 13.8. The molecule has 0 fully saturated rings. The zero-order valence-corrected chi connectivity index (χ0v) is 12.0. The Morgan fingerprint density at radius 2 is 1.85 bits per heavy atom. The Hall–Kier alpha value is -1.78. The maximum Gasteiger partial charge on any atom is 0.165 e. The van der Waals surface area contributed by atoms with Crippen LogP contribution in [0.2, 0.25) is 5.02 Å². The molecule has 0 heterocycles. The number of ether oxygens (including phenoxy) is 1. The van der Waals surface area contributed by atoms with Gasteiger partial charge in [-0.15, -0.1) is 12.4 Å². The summed E-state index contributed by atoms with van der Waals surface area (Å²) in [6, 6.07) is 11.3. The summed E-state index contributed by atoms with van der Waals surface area (Å²) in [5.41, 5.74) is 6.49. The lowest BCUT2D eigenvalue weighted by Gasteiger charge is -2.08. The minimum atomic E-state index is -0.540. The van der Waals surface area contributed by atoms with Crippen LogP contribution in [-0.4, -0.2) is 5.84 Å². The first kappa shape index (κ1) is 16.3. The predicted octanol–water partition coefficient (Wildman–Crippen LogP) is 3.76. The molecule has 3 nitrogen and oxygen atoms in total. The molecule has 0 aromatic heterocycles. The van der Waals surface area contributed by atoms with E-state index in [0.717, 1.165) is 5.56 Å². The Morgan fingerprint density at radius 3 is 2.40 bits per heavy atom. The molecule has 0 spiro atoms. The van der Waals surface area contributed by atoms with E-state index in [2.05, 4.69) is 0 Å². The molecule has 0 saturated carbocycles. The Morgan fingerprint density at radius 1 is 1.20 bits per heavy atom. The number of rotatable bonds is 4. The summed E-state index contributed by atoms with van der Waals surface area (Å²) in [4.78, 5) is 0. The van der Waals surface area contributed by atoms with Crippen molar-refractivity contribution in [3.8, 4) is 5.75 Å². The van der Waals surface area contributed by atoms with Crippen molar-refractivity contribution in [2.24, 2.45) is 5.73 Å². The van der Waals surface area contributed by atoms with Gasteiger partial charge < -0.3 is 10.5 Å². The van der Waals surface area contributed by atoms with Crippen LogP contribution >= 0.6 is 24.0 Å². The van der Waals surface area contributed by atoms with Gasteiger partial charge in [-0.05, 0) is 35.9 Å². The zero-order valence-electron chi connectivity index (χ0n) is 10.4. The van der Waals surface area contributed by atoms with Crippen LogP contribution in [0.4, 0.5) is 4.39 Å². The summed E-state index contributed by atoms with van der Waals surface area (Å²) < 4.78 is 19.0. The highest BCUT2D eigenvalue weighted by Gasteiger charge is 2.06. The molecule has 2 aromatic carbocycles. The van der Waals surface area contributed by atoms with E-state index in [-0.39, 0.29) is 30.6 Å². The van der Waals surface area contributed by atoms with Crippen LogP contribution in [0.3, 0.4) is 0 Å². The van der Waals surface area contributed by atoms with Gasteiger partial charge in [-0.3, -0.25) is 5.41 Å². The Labute approximate surface area is 127 Å². The van der Waals surface area contributed by atoms with E-state index in [0.29, 0.717) is 10.6 Å². The number of nitrogen functional groups attached to an aromatic ring is 1. The highest BCUT2D eigenvalue weighted by Crippen LogP contribution is 2.20. The van der Waals surface area contributed by atoms with E-state index in [1.54, 1.807) is 18.2 Å². The molecule has 106 valence electrons. The molecule has 0 bridgehead atoms. The first-order valence-electron chi connectivity index (χ1n) is 5.57. The number of nitrogens with two attached hydrogens (primary N) is 1. The molecule has 0 aliphatic heterocycles. The monoisotopic (exact) mass is 314 g/mol. The fraction of sp³-hybridized carbons (Fsp3) is 0.0714. The molecule has 3 N–H and O–H groups in total. The van der Waals surface area contributed by atoms with Crippen LogP contribution in [0.1, 0.15) is 11.1 Å². The fourth-order valence-electron chi connectivity index (χ4n) is 1.53. The minimum Gasteiger partial charge on any atom is -0.486 e. The molecular weight excluding hydrogens is 302 g/mol. The largest absolute Gasteiger partial charge is 0.486 e. The van der Waals surface area contributed by atoms with Crippen molar-refractivity contribution in [3.63, 3.8) is 0 Å². The van der Waals surface area contributed by atoms with E-state index in [9.17, 15) is 4.39 Å². The summed E-state index contributed by atoms with van der Waals surface area (Å²) in [5, 5.41) is 7.86. The van der Waals surface area contributed by atoms with Crippen LogP contribution in [0.15, 0.2) is 42.5 Å². The molecule has 0 aliphatic carbocycles. The van der Waals surface area contributed by atoms with Crippen LogP contribution in [0, 0.1) is 11.2 Å². The standard InChI is InChI=1S/C14H12ClFN2O.ClH/c15-11-4-1-9(2-5-11)8-19-13-6-3-10(14(17)18)7-12(13)16;/h1-7H,8H2,(H3,17,18);1H. The molecule has 2 rings (SSSR count). The van der Waals surface area contributed by atoms with Gasteiger partial charge in [0.05, 0.1) is 0 Å². The highest BCUT2D eigenvalue weighted by molar-refractivity contribution is 6.30. The van der Waals surface area contributed by atoms with Crippen molar-refractivity contribution in [2.75, 3.05) is 0 Å². The van der Waals surface area contributed by atoms with Crippen molar-refractivity contribution >= 4 is 29.8 Å². The van der Waals surface area contributed by atoms with E-state index in [1.807, 2.05) is 12.1 Å². The van der Waals surface area contributed by atoms with Gasteiger partial charge in [-0.2, -0.15) is 0 Å². The first-order valence-corrected chi connectivity index (χ1v) is 5.95. The minimum absolute atomic E-state index is 0. The third-order valence-corrected chi connectivity index (χ3v) is 2.80. The topological polar surface area (TPSA) is 59.1 Å². The lowest BCUT2D eigenvalue weighted by molar-refractivity contribution is 0.290. The van der Waals surface area contributed by atoms with Gasteiger partial charge >= 0.3 is 0 Å². The van der Waals surface area contributed by atoms with Gasteiger partial charge in [0.15, 0.2) is 11.6 Å². The number of halogens is 3. The predicted molar refractivity (Wildman–Crippen MR) is 80.4 cm³/mol. The number of hydrogen-bond donors (Lipinski definition) is 2. The molecule has 20 heavy (non-hydrogen) atoms. The van der Waals surface area contributed by atoms with Crippen molar-refractivity contribution in [3.05, 3.63) is 64.4 Å². The second kappa shape index (κ2) is 7.12. The molecule has 2 aromatic rings. The number of benzene rings is 2. The van der Waals surface area contributed by atoms with Gasteiger partial charge in [0.2, 0.25) is 0 Å². The highest BCUT2D eigenvalue weighted by atomic mass is 35.5. The molecule has 0 aliphatic rings. The first-order chi connectivity index (χ1) is 9.06. The molecule has 0 saturated heterocycles. The number of nitrogens with one attached hydrogen (secondary N) is 1. The quantitative estimate of drug-likeness (QED) is 0.666. The average Bonchev–Trinajstić information content (AvgIpc) is 2.39. The van der Waals surface area contributed by atoms with Crippen molar-refractivity contribution in [1.82, 2.24) is 0 Å². The SMILES string of the molecule is Cl.N=C(N)c1ccc(OCc2ccc(Cl)cc2)c(F)c1. The fourth-order valence-corrected chi connectivity index (χ4v) is 1.65. The molecule has 0 unspecified atom stereocenters. The molecule has 0 amide bonds. The number of hydrogen-bond acceptors (Lipinski definition) is 2. The lowest BCUT2D eigenvalue weighted by Crippen LogP contribution is -2.11.